The minimum atomic E-state index is -0.615. The Morgan fingerprint density at radius 3 is 2.61 bits per heavy atom. The molecule has 2 heterocycles. The third-order valence-corrected chi connectivity index (χ3v) is 2.39. The lowest BCUT2D eigenvalue weighted by molar-refractivity contribution is -0.385. The standard InChI is InChI=1S/C9H9N5O4/c15-7-2-1-6(8(16)13-7)12-9-10-3-5(4-11-9)14(17)18/h3-4,6H,1-2H2,(H,10,11,12)(H,13,15,16). The van der Waals surface area contributed by atoms with Crippen LogP contribution in [0.15, 0.2) is 12.4 Å². The number of carbonyl (C=O) groups excluding carboxylic acids is 2. The second-order valence-corrected chi connectivity index (χ2v) is 3.67. The third kappa shape index (κ3) is 2.56. The molecule has 1 unspecified atom stereocenters. The summed E-state index contributed by atoms with van der Waals surface area (Å²) < 4.78 is 0. The van der Waals surface area contributed by atoms with Gasteiger partial charge in [0.2, 0.25) is 17.8 Å². The topological polar surface area (TPSA) is 127 Å². The molecule has 18 heavy (non-hydrogen) atoms. The minimum absolute atomic E-state index is 0.107. The molecule has 0 bridgehead atoms. The van der Waals surface area contributed by atoms with Gasteiger partial charge in [0.25, 0.3) is 0 Å². The highest BCUT2D eigenvalue weighted by Gasteiger charge is 2.26. The van der Waals surface area contributed by atoms with Crippen molar-refractivity contribution in [2.75, 3.05) is 5.32 Å². The summed E-state index contributed by atoms with van der Waals surface area (Å²) in [6, 6.07) is -0.607. The number of nitro groups is 1. The molecule has 0 aromatic carbocycles. The number of hydrogen-bond donors (Lipinski definition) is 2. The van der Waals surface area contributed by atoms with Crippen LogP contribution in [0.4, 0.5) is 11.6 Å². The summed E-state index contributed by atoms with van der Waals surface area (Å²) in [4.78, 5) is 39.6. The minimum Gasteiger partial charge on any atom is -0.342 e. The summed E-state index contributed by atoms with van der Waals surface area (Å²) in [5.41, 5.74) is -0.233. The maximum atomic E-state index is 11.4. The third-order valence-electron chi connectivity index (χ3n) is 2.39. The molecule has 0 aliphatic carbocycles. The van der Waals surface area contributed by atoms with Gasteiger partial charge in [0, 0.05) is 6.42 Å². The molecule has 9 nitrogen and oxygen atoms in total. The van der Waals surface area contributed by atoms with Gasteiger partial charge in [-0.15, -0.1) is 0 Å². The number of nitrogens with zero attached hydrogens (tertiary/aromatic N) is 3. The average molecular weight is 251 g/mol. The predicted octanol–water partition coefficient (Wildman–Crippen LogP) is -0.398. The first-order chi connectivity index (χ1) is 8.56. The van der Waals surface area contributed by atoms with Crippen LogP contribution in [-0.4, -0.2) is 32.7 Å². The van der Waals surface area contributed by atoms with Crippen LogP contribution in [0, 0.1) is 10.1 Å². The molecule has 0 radical (unpaired) electrons. The molecule has 2 rings (SSSR count). The van der Waals surface area contributed by atoms with E-state index in [1.807, 2.05) is 0 Å². The van der Waals surface area contributed by atoms with Gasteiger partial charge in [-0.25, -0.2) is 9.97 Å². The average Bonchev–Trinajstić information content (AvgIpc) is 2.33. The van der Waals surface area contributed by atoms with E-state index in [0.29, 0.717) is 6.42 Å². The molecule has 0 spiro atoms. The van der Waals surface area contributed by atoms with E-state index >= 15 is 0 Å². The number of rotatable bonds is 3. The normalized spacial score (nSPS) is 19.2. The Morgan fingerprint density at radius 2 is 2.06 bits per heavy atom. The number of carbonyl (C=O) groups is 2. The number of aromatic nitrogens is 2. The molecule has 1 aliphatic rings. The largest absolute Gasteiger partial charge is 0.342 e. The smallest absolute Gasteiger partial charge is 0.305 e. The summed E-state index contributed by atoms with van der Waals surface area (Å²) in [7, 11) is 0. The van der Waals surface area contributed by atoms with Gasteiger partial charge in [-0.3, -0.25) is 25.0 Å². The number of piperidine rings is 1. The number of hydrogen-bond acceptors (Lipinski definition) is 7. The molecule has 1 fully saturated rings. The molecule has 1 saturated heterocycles. The lowest BCUT2D eigenvalue weighted by atomic mass is 10.1. The van der Waals surface area contributed by atoms with E-state index in [0.717, 1.165) is 12.4 Å². The quantitative estimate of drug-likeness (QED) is 0.425. The van der Waals surface area contributed by atoms with Crippen LogP contribution in [0.1, 0.15) is 12.8 Å². The van der Waals surface area contributed by atoms with Gasteiger partial charge in [0.1, 0.15) is 18.4 Å². The second-order valence-electron chi connectivity index (χ2n) is 3.67. The van der Waals surface area contributed by atoms with E-state index in [1.165, 1.54) is 0 Å². The predicted molar refractivity (Wildman–Crippen MR) is 58.5 cm³/mol. The monoisotopic (exact) mass is 251 g/mol. The zero-order valence-electron chi connectivity index (χ0n) is 9.12. The van der Waals surface area contributed by atoms with Gasteiger partial charge < -0.3 is 5.32 Å². The maximum Gasteiger partial charge on any atom is 0.305 e. The van der Waals surface area contributed by atoms with Crippen LogP contribution >= 0.6 is 0 Å². The zero-order chi connectivity index (χ0) is 13.1. The summed E-state index contributed by atoms with van der Waals surface area (Å²) >= 11 is 0. The van der Waals surface area contributed by atoms with Crippen LogP contribution in [0.2, 0.25) is 0 Å². The van der Waals surface area contributed by atoms with Crippen molar-refractivity contribution in [3.63, 3.8) is 0 Å². The SMILES string of the molecule is O=C1CCC(Nc2ncc([N+](=O)[O-])cn2)C(=O)N1. The molecule has 1 atom stereocenters. The van der Waals surface area contributed by atoms with Gasteiger partial charge in [-0.2, -0.15) is 0 Å². The fraction of sp³-hybridized carbons (Fsp3) is 0.333. The van der Waals surface area contributed by atoms with Crippen molar-refractivity contribution in [3.05, 3.63) is 22.5 Å². The fourth-order valence-corrected chi connectivity index (χ4v) is 1.48. The fourth-order valence-electron chi connectivity index (χ4n) is 1.48. The molecule has 94 valence electrons. The molecule has 1 aromatic heterocycles. The highest BCUT2D eigenvalue weighted by atomic mass is 16.6. The molecule has 0 saturated carbocycles. The van der Waals surface area contributed by atoms with E-state index in [-0.39, 0.29) is 24.0 Å². The maximum absolute atomic E-state index is 11.4. The van der Waals surface area contributed by atoms with E-state index in [9.17, 15) is 19.7 Å². The molecule has 1 aliphatic heterocycles. The number of anilines is 1. The van der Waals surface area contributed by atoms with Crippen molar-refractivity contribution in [2.24, 2.45) is 0 Å². The molecule has 9 heteroatoms. The van der Waals surface area contributed by atoms with Crippen molar-refractivity contribution in [3.8, 4) is 0 Å². The first-order valence-electron chi connectivity index (χ1n) is 5.13. The zero-order valence-corrected chi connectivity index (χ0v) is 9.12. The second kappa shape index (κ2) is 4.73. The van der Waals surface area contributed by atoms with Gasteiger partial charge >= 0.3 is 5.69 Å². The number of amides is 2. The summed E-state index contributed by atoms with van der Waals surface area (Å²) in [6.07, 6.45) is 2.66. The number of imide groups is 1. The van der Waals surface area contributed by atoms with E-state index < -0.39 is 16.9 Å². The van der Waals surface area contributed by atoms with Crippen molar-refractivity contribution in [1.29, 1.82) is 0 Å². The summed E-state index contributed by atoms with van der Waals surface area (Å²) in [5, 5.41) is 15.3. The van der Waals surface area contributed by atoms with Crippen LogP contribution in [0.3, 0.4) is 0 Å². The Hall–Kier alpha value is -2.58. The van der Waals surface area contributed by atoms with Crippen molar-refractivity contribution < 1.29 is 14.5 Å². The Bertz CT molecular complexity index is 500. The molecular formula is C9H9N5O4. The van der Waals surface area contributed by atoms with Gasteiger partial charge in [0.15, 0.2) is 0 Å². The van der Waals surface area contributed by atoms with Crippen molar-refractivity contribution in [2.45, 2.75) is 18.9 Å². The summed E-state index contributed by atoms with van der Waals surface area (Å²) in [6.45, 7) is 0. The molecule has 2 N–H and O–H groups in total. The van der Waals surface area contributed by atoms with Crippen molar-refractivity contribution in [1.82, 2.24) is 15.3 Å². The Kier molecular flexibility index (Phi) is 3.13. The first kappa shape index (κ1) is 11.9. The molecular weight excluding hydrogens is 242 g/mol. The molecule has 2 amide bonds. The van der Waals surface area contributed by atoms with Crippen LogP contribution < -0.4 is 10.6 Å². The van der Waals surface area contributed by atoms with Gasteiger partial charge in [0.05, 0.1) is 4.92 Å². The lowest BCUT2D eigenvalue weighted by Crippen LogP contribution is -2.47. The molecule has 1 aromatic rings. The van der Waals surface area contributed by atoms with Crippen LogP contribution in [0.5, 0.6) is 0 Å². The first-order valence-corrected chi connectivity index (χ1v) is 5.13. The van der Waals surface area contributed by atoms with Crippen LogP contribution in [-0.2, 0) is 9.59 Å². The Labute approximate surface area is 101 Å². The lowest BCUT2D eigenvalue weighted by Gasteiger charge is -2.21. The van der Waals surface area contributed by atoms with Gasteiger partial charge in [-0.05, 0) is 6.42 Å². The Morgan fingerprint density at radius 1 is 1.39 bits per heavy atom. The highest BCUT2D eigenvalue weighted by molar-refractivity contribution is 6.01. The van der Waals surface area contributed by atoms with E-state index in [1.54, 1.807) is 0 Å². The Balaban J connectivity index is 2.03. The number of nitrogens with one attached hydrogen (secondary N) is 2. The summed E-state index contributed by atoms with van der Waals surface area (Å²) in [5.74, 6) is -0.661. The highest BCUT2D eigenvalue weighted by Crippen LogP contribution is 2.12. The van der Waals surface area contributed by atoms with Gasteiger partial charge in [-0.1, -0.05) is 0 Å². The van der Waals surface area contributed by atoms with Crippen LogP contribution in [0.25, 0.3) is 0 Å². The van der Waals surface area contributed by atoms with Crippen molar-refractivity contribution >= 4 is 23.5 Å². The van der Waals surface area contributed by atoms with E-state index in [2.05, 4.69) is 20.6 Å². The van der Waals surface area contributed by atoms with E-state index in [4.69, 9.17) is 0 Å².